The Labute approximate surface area is 616 Å². The molecule has 2 fully saturated rings. The molecule has 0 nitrogen and oxygen atoms in total. The van der Waals surface area contributed by atoms with Crippen LogP contribution in [0, 0.1) is 23.3 Å². The molecule has 99 heavy (non-hydrogen) atoms. The fourth-order valence-corrected chi connectivity index (χ4v) is 206. The Bertz CT molecular complexity index is 4270. The minimum absolute atomic E-state index is 0.305. The van der Waals surface area contributed by atoms with Gasteiger partial charge in [-0.2, -0.15) is 0 Å². The average Bonchev–Trinajstić information content (AvgIpc) is 1.52. The summed E-state index contributed by atoms with van der Waals surface area (Å²) in [5.41, 5.74) is 15.7. The third-order valence-electron chi connectivity index (χ3n) is 25.8. The molecule has 8 unspecified atom stereocenters. The molecule has 0 radical (unpaired) electrons. The van der Waals surface area contributed by atoms with Crippen LogP contribution < -0.4 is 20.7 Å². The van der Waals surface area contributed by atoms with Crippen LogP contribution in [0.2, 0.25) is 123 Å². The molecule has 2 saturated heterocycles. The molecule has 0 amide bonds. The van der Waals surface area contributed by atoms with Gasteiger partial charge in [0.1, 0.15) is 0 Å². The molecule has 4 aromatic carbocycles. The summed E-state index contributed by atoms with van der Waals surface area (Å²) < 4.78 is 65.2. The SMILES string of the molecule is CC1=CC2=C(C=CC=CC2c2cc(F)c([Si](C)(C)C)c(Cl)c2)[C]12[SiH](C)[C]1(C(C)=CC3=C1C=CC=CC3c1cc(F)c([Si](C)(C)C)c(Cl)c1)[Hf]21([Cl])([Cl])[C]2(C(C)=CC3=C2C=CC=CC3c2cc(F)c([Si](C)(C)C)c(Cl)c2)[SiH](C)[C]12C(C)=CC1=C2C=CC=CC1c1cc(F)c([Si](C)(C)C)c(Cl)c1. The Morgan fingerprint density at radius 2 is 0.525 bits per heavy atom. The topological polar surface area (TPSA) is 0 Å². The molecule has 514 valence electrons. The van der Waals surface area contributed by atoms with Crippen molar-refractivity contribution in [2.24, 2.45) is 0 Å². The van der Waals surface area contributed by atoms with Crippen molar-refractivity contribution in [2.75, 3.05) is 0 Å². The van der Waals surface area contributed by atoms with Gasteiger partial charge in [0.05, 0.1) is 0 Å². The van der Waals surface area contributed by atoms with Crippen LogP contribution in [0.1, 0.15) is 73.6 Å². The van der Waals surface area contributed by atoms with Gasteiger partial charge in [-0.1, -0.05) is 0 Å². The number of rotatable bonds is 8. The second-order valence-corrected chi connectivity index (χ2v) is 110. The predicted molar refractivity (Wildman–Crippen MR) is 433 cm³/mol. The van der Waals surface area contributed by atoms with E-state index in [1.54, 1.807) is 24.3 Å². The van der Waals surface area contributed by atoms with Crippen molar-refractivity contribution in [3.8, 4) is 0 Å². The molecular formula is C82H88Cl6F4HfSi6. The molecule has 0 bridgehead atoms. The van der Waals surface area contributed by atoms with E-state index in [-0.39, 0.29) is 23.3 Å². The number of halogens is 10. The Kier molecular flexibility index (Phi) is 16.7. The molecule has 2 aliphatic heterocycles. The monoisotopic (exact) mass is 1710 g/mol. The number of allylic oxidation sites excluding steroid dienone is 32. The number of hydrogen-bond donors (Lipinski definition) is 0. The van der Waals surface area contributed by atoms with Crippen molar-refractivity contribution in [3.63, 3.8) is 0 Å². The average molecular weight is 1710 g/mol. The summed E-state index contributed by atoms with van der Waals surface area (Å²) in [6, 6.07) is 14.9. The second-order valence-electron chi connectivity index (χ2n) is 34.4. The molecule has 5 spiro atoms. The van der Waals surface area contributed by atoms with E-state index in [2.05, 4.69) is 241 Å². The van der Waals surface area contributed by atoms with Gasteiger partial charge in [0.15, 0.2) is 0 Å². The van der Waals surface area contributed by atoms with Gasteiger partial charge in [-0.25, -0.2) is 0 Å². The number of fused-ring (bicyclic) bond motifs is 8. The van der Waals surface area contributed by atoms with Gasteiger partial charge in [0.25, 0.3) is 0 Å². The first-order valence-corrected chi connectivity index (χ1v) is 71.1. The predicted octanol–water partition coefficient (Wildman–Crippen LogP) is 24.1. The molecule has 8 atom stereocenters. The molecule has 4 aromatic rings. The van der Waals surface area contributed by atoms with Gasteiger partial charge in [0.2, 0.25) is 0 Å². The van der Waals surface area contributed by atoms with Crippen molar-refractivity contribution in [1.82, 2.24) is 0 Å². The zero-order valence-electron chi connectivity index (χ0n) is 59.9. The van der Waals surface area contributed by atoms with Crippen LogP contribution in [0.4, 0.5) is 17.6 Å². The van der Waals surface area contributed by atoms with E-state index in [0.717, 1.165) is 89.1 Å². The molecule has 14 rings (SSSR count). The van der Waals surface area contributed by atoms with Crippen molar-refractivity contribution in [3.05, 3.63) is 303 Å². The summed E-state index contributed by atoms with van der Waals surface area (Å²) in [5.74, 6) is -3.12. The quantitative estimate of drug-likeness (QED) is 0.122. The molecule has 0 N–H and O–H groups in total. The maximum absolute atomic E-state index is 17.4. The summed E-state index contributed by atoms with van der Waals surface area (Å²) in [6.45, 7) is 39.8. The number of benzene rings is 4. The zero-order chi connectivity index (χ0) is 71.8. The summed E-state index contributed by atoms with van der Waals surface area (Å²) in [5, 5.41) is 4.08. The summed E-state index contributed by atoms with van der Waals surface area (Å²) >= 11 is 21.3. The first kappa shape index (κ1) is 72.3. The van der Waals surface area contributed by atoms with E-state index in [1.807, 2.05) is 24.3 Å². The standard InChI is InChI=1S/2C41H44Cl2F2Si3.2ClH.Hf/c2*1-24-18-32-28(26-20-34(42)40(36(44)22-26)47(4,5)6)14-10-12-16-30(32)38(24)46(3)39-25(2)19-33-29(15-11-13-17-31(33)39)27-21-35(43)41(37(45)23-27)48(7,8)9;;;/h2*10-23,28-29,46H,1-9H3;2*1H;/q;;;;+2/p-2. The van der Waals surface area contributed by atoms with Gasteiger partial charge in [0, 0.05) is 0 Å². The molecule has 0 saturated carbocycles. The summed E-state index contributed by atoms with van der Waals surface area (Å²) in [6.07, 6.45) is 44.7. The summed E-state index contributed by atoms with van der Waals surface area (Å²) in [7, 11) is 7.85. The third kappa shape index (κ3) is 8.46. The van der Waals surface area contributed by atoms with E-state index < -0.39 is 99.4 Å². The van der Waals surface area contributed by atoms with Crippen LogP contribution in [0.5, 0.6) is 0 Å². The fraction of sp³-hybridized carbons (Fsp3) is 0.317. The zero-order valence-corrected chi connectivity index (χ0v) is 74.3. The first-order valence-electron chi connectivity index (χ1n) is 34.9. The Balaban J connectivity index is 1.19. The Morgan fingerprint density at radius 1 is 0.333 bits per heavy atom. The Morgan fingerprint density at radius 3 is 0.697 bits per heavy atom. The maximum atomic E-state index is 17.4. The van der Waals surface area contributed by atoms with Crippen molar-refractivity contribution < 1.29 is 32.2 Å². The molecule has 17 heteroatoms. The van der Waals surface area contributed by atoms with Gasteiger partial charge in [-0.05, 0) is 0 Å². The van der Waals surface area contributed by atoms with Crippen LogP contribution >= 0.6 is 63.6 Å². The van der Waals surface area contributed by atoms with Gasteiger partial charge >= 0.3 is 623 Å². The third-order valence-corrected chi connectivity index (χ3v) is 153. The Hall–Kier alpha value is -3.65. The fourth-order valence-electron chi connectivity index (χ4n) is 23.8. The van der Waals surface area contributed by atoms with E-state index in [0.29, 0.717) is 40.8 Å². The van der Waals surface area contributed by atoms with Gasteiger partial charge in [-0.3, -0.25) is 0 Å². The van der Waals surface area contributed by atoms with E-state index in [1.165, 1.54) is 0 Å². The molecule has 8 aliphatic carbocycles. The molecule has 0 aromatic heterocycles. The van der Waals surface area contributed by atoms with Gasteiger partial charge < -0.3 is 0 Å². The molecule has 2 heterocycles. The normalized spacial score (nSPS) is 31.2. The molecule has 10 aliphatic rings. The van der Waals surface area contributed by atoms with E-state index >= 15 is 17.6 Å². The van der Waals surface area contributed by atoms with Crippen LogP contribution in [0.3, 0.4) is 0 Å². The first-order chi connectivity index (χ1) is 46.1. The summed E-state index contributed by atoms with van der Waals surface area (Å²) in [4.78, 5) is 0. The number of hydrogen-bond acceptors (Lipinski definition) is 0. The van der Waals surface area contributed by atoms with E-state index in [9.17, 15) is 17.2 Å². The van der Waals surface area contributed by atoms with Crippen LogP contribution in [-0.2, 0) is 14.7 Å². The van der Waals surface area contributed by atoms with Crippen LogP contribution in [-0.4, -0.2) is 49.9 Å². The van der Waals surface area contributed by atoms with E-state index in [4.69, 9.17) is 46.4 Å². The van der Waals surface area contributed by atoms with Crippen LogP contribution in [0.15, 0.2) is 237 Å². The van der Waals surface area contributed by atoms with Crippen LogP contribution in [0.25, 0.3) is 0 Å². The van der Waals surface area contributed by atoms with Crippen molar-refractivity contribution in [2.45, 2.75) is 154 Å². The van der Waals surface area contributed by atoms with Crippen molar-refractivity contribution in [1.29, 1.82) is 0 Å². The van der Waals surface area contributed by atoms with Gasteiger partial charge in [-0.15, -0.1) is 0 Å². The van der Waals surface area contributed by atoms with Crippen molar-refractivity contribution >= 4 is 134 Å². The second kappa shape index (κ2) is 22.9. The molecular weight excluding hydrogens is 1620 g/mol. The minimum atomic E-state index is -8.29.